The fourth-order valence-corrected chi connectivity index (χ4v) is 0.610. The maximum Gasteiger partial charge on any atom is 0.324 e. The van der Waals surface area contributed by atoms with Crippen LogP contribution in [0.25, 0.3) is 0 Å². The van der Waals surface area contributed by atoms with Crippen LogP contribution < -0.4 is 10.6 Å². The first kappa shape index (κ1) is 14.2. The number of carbonyl (C=O) groups is 1. The molecule has 0 aromatic heterocycles. The van der Waals surface area contributed by atoms with Gasteiger partial charge >= 0.3 is 12.3 Å². The Bertz CT molecular complexity index is 231. The third-order valence-electron chi connectivity index (χ3n) is 2.00. The van der Waals surface area contributed by atoms with Crippen LogP contribution in [0.4, 0.5) is 17.6 Å². The van der Waals surface area contributed by atoms with Crippen molar-refractivity contribution in [3.8, 4) is 0 Å². The highest BCUT2D eigenvalue weighted by Crippen LogP contribution is 2.21. The van der Waals surface area contributed by atoms with Gasteiger partial charge in [0.2, 0.25) is 5.91 Å². The lowest BCUT2D eigenvalue weighted by Crippen LogP contribution is -2.54. The van der Waals surface area contributed by atoms with E-state index in [0.29, 0.717) is 0 Å². The molecule has 0 heterocycles. The van der Waals surface area contributed by atoms with Crippen LogP contribution in [0.2, 0.25) is 0 Å². The molecule has 0 fully saturated rings. The molecule has 0 aliphatic rings. The van der Waals surface area contributed by atoms with E-state index >= 15 is 0 Å². The quantitative estimate of drug-likeness (QED) is 0.692. The fraction of sp³-hybridized carbons (Fsp3) is 0.875. The minimum Gasteiger partial charge on any atom is -0.348 e. The first-order valence-corrected chi connectivity index (χ1v) is 4.26. The topological polar surface area (TPSA) is 41.1 Å². The van der Waals surface area contributed by atoms with E-state index in [-0.39, 0.29) is 0 Å². The number of likely N-dealkylation sites (N-methyl/N-ethyl adjacent to an activating group) is 1. The molecular formula is C8H14F4N2O. The highest BCUT2D eigenvalue weighted by atomic mass is 19.3. The molecule has 0 saturated carbocycles. The van der Waals surface area contributed by atoms with Crippen molar-refractivity contribution in [3.63, 3.8) is 0 Å². The van der Waals surface area contributed by atoms with E-state index in [4.69, 9.17) is 0 Å². The van der Waals surface area contributed by atoms with Crippen LogP contribution in [0, 0.1) is 0 Å². The average Bonchev–Trinajstić information content (AvgIpc) is 2.13. The lowest BCUT2D eigenvalue weighted by atomic mass is 10.1. The number of hydrogen-bond donors (Lipinski definition) is 2. The molecule has 0 rings (SSSR count). The molecule has 7 heteroatoms. The number of amides is 1. The summed E-state index contributed by atoms with van der Waals surface area (Å²) in [4.78, 5) is 11.2. The molecule has 0 aromatic carbocycles. The van der Waals surface area contributed by atoms with Crippen molar-refractivity contribution in [1.82, 2.24) is 10.6 Å². The van der Waals surface area contributed by atoms with Crippen LogP contribution in [0.15, 0.2) is 0 Å². The van der Waals surface area contributed by atoms with Crippen LogP contribution in [0.3, 0.4) is 0 Å². The van der Waals surface area contributed by atoms with Crippen LogP contribution >= 0.6 is 0 Å². The second-order valence-electron chi connectivity index (χ2n) is 3.62. The molecule has 2 N–H and O–H groups in total. The Labute approximate surface area is 85.2 Å². The van der Waals surface area contributed by atoms with Gasteiger partial charge in [-0.3, -0.25) is 4.79 Å². The molecule has 0 saturated heterocycles. The fourth-order valence-electron chi connectivity index (χ4n) is 0.610. The molecule has 0 aliphatic heterocycles. The number of carbonyl (C=O) groups excluding carboxylic acids is 1. The first-order valence-electron chi connectivity index (χ1n) is 4.26. The summed E-state index contributed by atoms with van der Waals surface area (Å²) in [6.45, 7) is 1.53. The molecule has 0 atom stereocenters. The van der Waals surface area contributed by atoms with Gasteiger partial charge in [0.1, 0.15) is 0 Å². The number of alkyl halides is 4. The van der Waals surface area contributed by atoms with Gasteiger partial charge in [0.15, 0.2) is 0 Å². The normalized spacial score (nSPS) is 13.1. The molecule has 0 radical (unpaired) electrons. The van der Waals surface area contributed by atoms with Crippen LogP contribution in [-0.4, -0.2) is 37.4 Å². The summed E-state index contributed by atoms with van der Waals surface area (Å²) >= 11 is 0. The summed E-state index contributed by atoms with van der Waals surface area (Å²) < 4.78 is 48.3. The summed E-state index contributed by atoms with van der Waals surface area (Å²) in [5.74, 6) is -4.95. The van der Waals surface area contributed by atoms with E-state index in [9.17, 15) is 22.4 Å². The Morgan fingerprint density at radius 2 is 1.80 bits per heavy atom. The van der Waals surface area contributed by atoms with Crippen molar-refractivity contribution in [2.45, 2.75) is 31.7 Å². The summed E-state index contributed by atoms with van der Waals surface area (Å²) in [6, 6.07) is 0. The minimum atomic E-state index is -4.19. The zero-order valence-corrected chi connectivity index (χ0v) is 8.70. The van der Waals surface area contributed by atoms with Gasteiger partial charge in [-0.1, -0.05) is 0 Å². The van der Waals surface area contributed by atoms with E-state index in [1.807, 2.05) is 0 Å². The maximum absolute atomic E-state index is 12.4. The van der Waals surface area contributed by atoms with E-state index in [1.54, 1.807) is 5.32 Å². The highest BCUT2D eigenvalue weighted by molar-refractivity contribution is 5.85. The number of hydrogen-bond acceptors (Lipinski definition) is 2. The Hall–Kier alpha value is -0.850. The van der Waals surface area contributed by atoms with Gasteiger partial charge in [-0.2, -0.15) is 8.78 Å². The Morgan fingerprint density at radius 1 is 1.33 bits per heavy atom. The van der Waals surface area contributed by atoms with Crippen molar-refractivity contribution in [2.75, 3.05) is 13.6 Å². The predicted octanol–water partition coefficient (Wildman–Crippen LogP) is 1.00. The predicted molar refractivity (Wildman–Crippen MR) is 47.1 cm³/mol. The van der Waals surface area contributed by atoms with Gasteiger partial charge in [-0.25, -0.2) is 8.78 Å². The molecule has 0 spiro atoms. The van der Waals surface area contributed by atoms with Crippen LogP contribution in [0.5, 0.6) is 0 Å². The van der Waals surface area contributed by atoms with Crippen LogP contribution in [-0.2, 0) is 4.79 Å². The second kappa shape index (κ2) is 4.78. The molecule has 0 bridgehead atoms. The summed E-state index contributed by atoms with van der Waals surface area (Å²) in [5, 5.41) is 4.33. The third-order valence-corrected chi connectivity index (χ3v) is 2.00. The van der Waals surface area contributed by atoms with Gasteiger partial charge in [0.25, 0.3) is 0 Å². The van der Waals surface area contributed by atoms with Crippen LogP contribution in [0.1, 0.15) is 13.8 Å². The molecule has 15 heavy (non-hydrogen) atoms. The summed E-state index contributed by atoms with van der Waals surface area (Å²) in [5.41, 5.74) is -1.07. The van der Waals surface area contributed by atoms with E-state index < -0.39 is 30.3 Å². The molecule has 90 valence electrons. The number of nitrogens with one attached hydrogen (secondary N) is 2. The van der Waals surface area contributed by atoms with Crippen molar-refractivity contribution in [2.24, 2.45) is 0 Å². The zero-order chi connectivity index (χ0) is 12.3. The van der Waals surface area contributed by atoms with Crippen molar-refractivity contribution >= 4 is 5.91 Å². The molecule has 0 unspecified atom stereocenters. The molecule has 3 nitrogen and oxygen atoms in total. The van der Waals surface area contributed by atoms with Gasteiger partial charge in [-0.15, -0.1) is 0 Å². The van der Waals surface area contributed by atoms with E-state index in [2.05, 4.69) is 5.32 Å². The van der Waals surface area contributed by atoms with Gasteiger partial charge in [0.05, 0.1) is 12.1 Å². The minimum absolute atomic E-state index is 0.759. The lowest BCUT2D eigenvalue weighted by molar-refractivity contribution is -0.139. The Balaban J connectivity index is 4.24. The SMILES string of the molecule is CNC(C)(C)C(=O)NCC(F)(F)C(F)F. The van der Waals surface area contributed by atoms with Gasteiger partial charge < -0.3 is 10.6 Å². The lowest BCUT2D eigenvalue weighted by Gasteiger charge is -2.24. The molecule has 0 aliphatic carbocycles. The van der Waals surface area contributed by atoms with E-state index in [0.717, 1.165) is 0 Å². The van der Waals surface area contributed by atoms with E-state index in [1.165, 1.54) is 20.9 Å². The summed E-state index contributed by atoms with van der Waals surface area (Å²) in [6.07, 6.45) is -3.78. The molecule has 0 aromatic rings. The standard InChI is InChI=1S/C8H14F4N2O/c1-7(2,13-3)6(15)14-4-8(11,12)5(9)10/h5,13H,4H2,1-3H3,(H,14,15). The number of halogens is 4. The third kappa shape index (κ3) is 4.03. The number of rotatable bonds is 5. The summed E-state index contributed by atoms with van der Waals surface area (Å²) in [7, 11) is 1.46. The monoisotopic (exact) mass is 230 g/mol. The zero-order valence-electron chi connectivity index (χ0n) is 8.70. The Kier molecular flexibility index (Phi) is 4.51. The smallest absolute Gasteiger partial charge is 0.324 e. The maximum atomic E-state index is 12.4. The van der Waals surface area contributed by atoms with Gasteiger partial charge in [-0.05, 0) is 20.9 Å². The Morgan fingerprint density at radius 3 is 2.13 bits per heavy atom. The first-order chi connectivity index (χ1) is 6.63. The van der Waals surface area contributed by atoms with Crippen molar-refractivity contribution in [1.29, 1.82) is 0 Å². The van der Waals surface area contributed by atoms with Crippen molar-refractivity contribution < 1.29 is 22.4 Å². The van der Waals surface area contributed by atoms with Gasteiger partial charge in [0, 0.05) is 0 Å². The largest absolute Gasteiger partial charge is 0.348 e. The molecule has 1 amide bonds. The average molecular weight is 230 g/mol. The second-order valence-corrected chi connectivity index (χ2v) is 3.62. The molecular weight excluding hydrogens is 216 g/mol. The highest BCUT2D eigenvalue weighted by Gasteiger charge is 2.41. The van der Waals surface area contributed by atoms with Crippen molar-refractivity contribution in [3.05, 3.63) is 0 Å².